The lowest BCUT2D eigenvalue weighted by Gasteiger charge is -2.23. The maximum absolute atomic E-state index is 12.1. The van der Waals surface area contributed by atoms with Gasteiger partial charge in [-0.15, -0.1) is 11.3 Å². The van der Waals surface area contributed by atoms with Crippen molar-refractivity contribution in [1.82, 2.24) is 10.0 Å². The number of hydrogen-bond donors (Lipinski definition) is 2. The topological polar surface area (TPSA) is 58.2 Å². The lowest BCUT2D eigenvalue weighted by atomic mass is 10.0. The summed E-state index contributed by atoms with van der Waals surface area (Å²) >= 11 is 1.58. The highest BCUT2D eigenvalue weighted by atomic mass is 32.2. The van der Waals surface area contributed by atoms with Crippen molar-refractivity contribution in [3.63, 3.8) is 0 Å². The van der Waals surface area contributed by atoms with Gasteiger partial charge in [0.2, 0.25) is 10.0 Å². The Morgan fingerprint density at radius 2 is 2.22 bits per heavy atom. The summed E-state index contributed by atoms with van der Waals surface area (Å²) in [5.41, 5.74) is 0. The van der Waals surface area contributed by atoms with Gasteiger partial charge in [0.25, 0.3) is 0 Å². The number of piperidine rings is 1. The first kappa shape index (κ1) is 14.0. The summed E-state index contributed by atoms with van der Waals surface area (Å²) in [6, 6.07) is 3.77. The van der Waals surface area contributed by atoms with E-state index in [0.29, 0.717) is 5.92 Å². The minimum Gasteiger partial charge on any atom is -0.317 e. The summed E-state index contributed by atoms with van der Waals surface area (Å²) in [5.74, 6) is 0.545. The highest BCUT2D eigenvalue weighted by Crippen LogP contribution is 2.20. The van der Waals surface area contributed by atoms with E-state index in [9.17, 15) is 8.42 Å². The third kappa shape index (κ3) is 4.05. The van der Waals surface area contributed by atoms with Crippen molar-refractivity contribution >= 4 is 21.4 Å². The van der Waals surface area contributed by atoms with E-state index in [1.165, 1.54) is 0 Å². The molecule has 1 aromatic heterocycles. The smallest absolute Gasteiger partial charge is 0.212 e. The molecule has 0 bridgehead atoms. The molecule has 1 aliphatic rings. The van der Waals surface area contributed by atoms with E-state index < -0.39 is 10.0 Å². The molecule has 0 radical (unpaired) electrons. The number of nitrogens with one attached hydrogen (secondary N) is 2. The van der Waals surface area contributed by atoms with Crippen LogP contribution in [0.2, 0.25) is 0 Å². The molecule has 1 fully saturated rings. The van der Waals surface area contributed by atoms with Crippen molar-refractivity contribution < 1.29 is 8.42 Å². The van der Waals surface area contributed by atoms with Crippen LogP contribution < -0.4 is 10.0 Å². The maximum atomic E-state index is 12.1. The molecule has 4 nitrogen and oxygen atoms in total. The predicted molar refractivity (Wildman–Crippen MR) is 75.3 cm³/mol. The minimum absolute atomic E-state index is 0.128. The molecule has 1 unspecified atom stereocenters. The second-order valence-corrected chi connectivity index (χ2v) is 7.61. The van der Waals surface area contributed by atoms with Crippen LogP contribution in [-0.4, -0.2) is 27.3 Å². The van der Waals surface area contributed by atoms with E-state index >= 15 is 0 Å². The van der Waals surface area contributed by atoms with E-state index in [-0.39, 0.29) is 11.8 Å². The van der Waals surface area contributed by atoms with Crippen LogP contribution >= 0.6 is 11.3 Å². The van der Waals surface area contributed by atoms with Gasteiger partial charge < -0.3 is 5.32 Å². The molecular weight excluding hydrogens is 268 g/mol. The van der Waals surface area contributed by atoms with E-state index in [4.69, 9.17) is 0 Å². The first-order valence-corrected chi connectivity index (χ1v) is 8.84. The fourth-order valence-electron chi connectivity index (χ4n) is 2.27. The molecule has 6 heteroatoms. The largest absolute Gasteiger partial charge is 0.317 e. The normalized spacial score (nSPS) is 19.8. The molecule has 1 saturated heterocycles. The van der Waals surface area contributed by atoms with Crippen LogP contribution in [0, 0.1) is 5.92 Å². The molecule has 0 aromatic carbocycles. The van der Waals surface area contributed by atoms with Crippen molar-refractivity contribution in [3.8, 4) is 0 Å². The van der Waals surface area contributed by atoms with E-state index in [2.05, 4.69) is 10.0 Å². The highest BCUT2D eigenvalue weighted by Gasteiger charge is 2.23. The van der Waals surface area contributed by atoms with Crippen molar-refractivity contribution in [2.75, 3.05) is 18.8 Å². The summed E-state index contributed by atoms with van der Waals surface area (Å²) in [4.78, 5) is 1.06. The zero-order valence-electron chi connectivity index (χ0n) is 10.6. The van der Waals surface area contributed by atoms with E-state index in [0.717, 1.165) is 30.8 Å². The van der Waals surface area contributed by atoms with Crippen LogP contribution in [0.15, 0.2) is 17.5 Å². The van der Waals surface area contributed by atoms with Crippen molar-refractivity contribution in [3.05, 3.63) is 22.4 Å². The summed E-state index contributed by atoms with van der Waals surface area (Å²) in [6.07, 6.45) is 1.91. The monoisotopic (exact) mass is 288 g/mol. The second kappa shape index (κ2) is 6.14. The molecule has 0 spiro atoms. The lowest BCUT2D eigenvalue weighted by Crippen LogP contribution is -2.36. The molecule has 1 atom stereocenters. The van der Waals surface area contributed by atoms with Gasteiger partial charge in [-0.2, -0.15) is 0 Å². The SMILES string of the molecule is CC(NS(=O)(=O)CC1CCNCC1)c1cccs1. The molecule has 0 saturated carbocycles. The number of rotatable bonds is 5. The summed E-state index contributed by atoms with van der Waals surface area (Å²) in [7, 11) is -3.18. The van der Waals surface area contributed by atoms with Gasteiger partial charge in [0.05, 0.1) is 11.8 Å². The number of hydrogen-bond acceptors (Lipinski definition) is 4. The van der Waals surface area contributed by atoms with Gasteiger partial charge in [-0.3, -0.25) is 0 Å². The number of sulfonamides is 1. The van der Waals surface area contributed by atoms with Crippen LogP contribution in [0.4, 0.5) is 0 Å². The maximum Gasteiger partial charge on any atom is 0.212 e. The average Bonchev–Trinajstić information content (AvgIpc) is 2.82. The molecule has 2 N–H and O–H groups in total. The third-order valence-corrected chi connectivity index (χ3v) is 5.92. The van der Waals surface area contributed by atoms with Gasteiger partial charge in [-0.05, 0) is 50.2 Å². The fraction of sp³-hybridized carbons (Fsp3) is 0.667. The Balaban J connectivity index is 1.90. The molecule has 2 rings (SSSR count). The lowest BCUT2D eigenvalue weighted by molar-refractivity contribution is 0.399. The van der Waals surface area contributed by atoms with Gasteiger partial charge >= 0.3 is 0 Å². The molecule has 0 amide bonds. The van der Waals surface area contributed by atoms with Crippen LogP contribution in [-0.2, 0) is 10.0 Å². The van der Waals surface area contributed by atoms with Crippen molar-refractivity contribution in [2.24, 2.45) is 5.92 Å². The Kier molecular flexibility index (Phi) is 4.77. The predicted octanol–water partition coefficient (Wildman–Crippen LogP) is 1.73. The Bertz CT molecular complexity index is 450. The van der Waals surface area contributed by atoms with Crippen LogP contribution in [0.25, 0.3) is 0 Å². The quantitative estimate of drug-likeness (QED) is 0.867. The molecule has 2 heterocycles. The Labute approximate surface area is 113 Å². The fourth-order valence-corrected chi connectivity index (χ4v) is 4.80. The number of thiophene rings is 1. The van der Waals surface area contributed by atoms with Gasteiger partial charge in [-0.1, -0.05) is 6.07 Å². The Morgan fingerprint density at radius 3 is 2.83 bits per heavy atom. The van der Waals surface area contributed by atoms with Gasteiger partial charge in [0, 0.05) is 4.88 Å². The highest BCUT2D eigenvalue weighted by molar-refractivity contribution is 7.89. The summed E-state index contributed by atoms with van der Waals surface area (Å²) in [6.45, 7) is 3.76. The van der Waals surface area contributed by atoms with Crippen molar-refractivity contribution in [1.29, 1.82) is 0 Å². The van der Waals surface area contributed by atoms with Gasteiger partial charge in [-0.25, -0.2) is 13.1 Å². The standard InChI is InChI=1S/C12H20N2O2S2/c1-10(12-3-2-8-17-12)14-18(15,16)9-11-4-6-13-7-5-11/h2-3,8,10-11,13-14H,4-7,9H2,1H3. The first-order chi connectivity index (χ1) is 8.57. The first-order valence-electron chi connectivity index (χ1n) is 6.31. The average molecular weight is 288 g/mol. The summed E-state index contributed by atoms with van der Waals surface area (Å²) < 4.78 is 26.9. The molecule has 0 aliphatic carbocycles. The van der Waals surface area contributed by atoms with E-state index in [1.807, 2.05) is 24.4 Å². The Morgan fingerprint density at radius 1 is 1.50 bits per heavy atom. The zero-order valence-corrected chi connectivity index (χ0v) is 12.2. The van der Waals surface area contributed by atoms with Gasteiger partial charge in [0.1, 0.15) is 0 Å². The minimum atomic E-state index is -3.18. The molecule has 1 aromatic rings. The summed E-state index contributed by atoms with van der Waals surface area (Å²) in [5, 5.41) is 5.22. The van der Waals surface area contributed by atoms with E-state index in [1.54, 1.807) is 11.3 Å². The second-order valence-electron chi connectivity index (χ2n) is 4.83. The zero-order chi connectivity index (χ0) is 13.0. The van der Waals surface area contributed by atoms with Crippen LogP contribution in [0.5, 0.6) is 0 Å². The third-order valence-electron chi connectivity index (χ3n) is 3.24. The molecule has 102 valence electrons. The van der Waals surface area contributed by atoms with Crippen LogP contribution in [0.3, 0.4) is 0 Å². The van der Waals surface area contributed by atoms with Gasteiger partial charge in [0.15, 0.2) is 0 Å². The Hall–Kier alpha value is -0.430. The molecule has 18 heavy (non-hydrogen) atoms. The molecular formula is C12H20N2O2S2. The molecule has 1 aliphatic heterocycles. The van der Waals surface area contributed by atoms with Crippen molar-refractivity contribution in [2.45, 2.75) is 25.8 Å². The van der Waals surface area contributed by atoms with Crippen LogP contribution in [0.1, 0.15) is 30.7 Å².